The molecule has 3 rings (SSSR count). The predicted molar refractivity (Wildman–Crippen MR) is 118 cm³/mol. The molecular weight excluding hydrogens is 439 g/mol. The van der Waals surface area contributed by atoms with Crippen molar-refractivity contribution in [1.82, 2.24) is 10.6 Å². The molecule has 1 aliphatic rings. The monoisotopic (exact) mass is 466 g/mol. The number of ether oxygens (including phenoxy) is 1. The molecule has 0 bridgehead atoms. The second kappa shape index (κ2) is 11.0. The summed E-state index contributed by atoms with van der Waals surface area (Å²) < 4.78 is 5.46. The van der Waals surface area contributed by atoms with Gasteiger partial charge in [-0.25, -0.2) is 0 Å². The summed E-state index contributed by atoms with van der Waals surface area (Å²) in [6, 6.07) is 18.9. The van der Waals surface area contributed by atoms with Gasteiger partial charge in [0.2, 0.25) is 0 Å². The fourth-order valence-corrected chi connectivity index (χ4v) is 2.95. The van der Waals surface area contributed by atoms with E-state index < -0.39 is 0 Å². The zero-order valence-corrected chi connectivity index (χ0v) is 17.5. The average molecular weight is 466 g/mol. The van der Waals surface area contributed by atoms with E-state index in [-0.39, 0.29) is 24.0 Å². The van der Waals surface area contributed by atoms with Gasteiger partial charge >= 0.3 is 0 Å². The first-order chi connectivity index (χ1) is 12.4. The van der Waals surface area contributed by atoms with Gasteiger partial charge in [0.05, 0.1) is 13.2 Å². The number of morpholine rings is 1. The highest BCUT2D eigenvalue weighted by Gasteiger charge is 2.14. The van der Waals surface area contributed by atoms with Crippen LogP contribution < -0.4 is 15.5 Å². The van der Waals surface area contributed by atoms with Crippen molar-refractivity contribution in [3.63, 3.8) is 0 Å². The zero-order valence-electron chi connectivity index (χ0n) is 15.1. The van der Waals surface area contributed by atoms with Gasteiger partial charge in [0.1, 0.15) is 0 Å². The van der Waals surface area contributed by atoms with Crippen molar-refractivity contribution >= 4 is 35.6 Å². The molecule has 1 fully saturated rings. The minimum absolute atomic E-state index is 0. The molecule has 0 unspecified atom stereocenters. The Morgan fingerprint density at radius 1 is 0.962 bits per heavy atom. The lowest BCUT2D eigenvalue weighted by Gasteiger charge is -2.30. The average Bonchev–Trinajstić information content (AvgIpc) is 2.70. The normalized spacial score (nSPS) is 14.5. The molecule has 1 heterocycles. The summed E-state index contributed by atoms with van der Waals surface area (Å²) in [4.78, 5) is 6.71. The van der Waals surface area contributed by atoms with E-state index >= 15 is 0 Å². The third-order valence-corrected chi connectivity index (χ3v) is 4.32. The third-order valence-electron chi connectivity index (χ3n) is 4.32. The lowest BCUT2D eigenvalue weighted by Crippen LogP contribution is -2.38. The van der Waals surface area contributed by atoms with Crippen LogP contribution in [0.3, 0.4) is 0 Å². The van der Waals surface area contributed by atoms with Crippen molar-refractivity contribution < 1.29 is 4.74 Å². The molecule has 2 aromatic rings. The van der Waals surface area contributed by atoms with Crippen LogP contribution in [0, 0.1) is 0 Å². The highest BCUT2D eigenvalue weighted by atomic mass is 127. The molecule has 1 saturated heterocycles. The third kappa shape index (κ3) is 5.88. The Morgan fingerprint density at radius 2 is 1.62 bits per heavy atom. The second-order valence-electron chi connectivity index (χ2n) is 5.99. The van der Waals surface area contributed by atoms with Gasteiger partial charge < -0.3 is 20.3 Å². The maximum atomic E-state index is 5.46. The van der Waals surface area contributed by atoms with Crippen molar-refractivity contribution in [2.75, 3.05) is 38.3 Å². The van der Waals surface area contributed by atoms with Gasteiger partial charge in [0, 0.05) is 38.9 Å². The highest BCUT2D eigenvalue weighted by molar-refractivity contribution is 14.0. The van der Waals surface area contributed by atoms with Crippen LogP contribution in [0.2, 0.25) is 0 Å². The topological polar surface area (TPSA) is 48.9 Å². The molecule has 1 aliphatic heterocycles. The molecule has 0 saturated carbocycles. The van der Waals surface area contributed by atoms with Crippen LogP contribution in [0.15, 0.2) is 59.6 Å². The van der Waals surface area contributed by atoms with Crippen LogP contribution in [0.5, 0.6) is 0 Å². The summed E-state index contributed by atoms with van der Waals surface area (Å²) in [5, 5.41) is 6.78. The van der Waals surface area contributed by atoms with Crippen LogP contribution in [0.1, 0.15) is 11.1 Å². The number of nitrogens with one attached hydrogen (secondary N) is 2. The van der Waals surface area contributed by atoms with E-state index in [1.807, 2.05) is 18.2 Å². The number of hydrogen-bond acceptors (Lipinski definition) is 3. The van der Waals surface area contributed by atoms with Crippen LogP contribution in [0.25, 0.3) is 0 Å². The van der Waals surface area contributed by atoms with Crippen LogP contribution in [-0.2, 0) is 17.8 Å². The van der Waals surface area contributed by atoms with Crippen LogP contribution in [-0.4, -0.2) is 39.3 Å². The number of benzene rings is 2. The minimum atomic E-state index is 0. The summed E-state index contributed by atoms with van der Waals surface area (Å²) in [7, 11) is 1.80. The van der Waals surface area contributed by atoms with Crippen molar-refractivity contribution in [2.45, 2.75) is 13.1 Å². The molecule has 2 aromatic carbocycles. The molecule has 2 N–H and O–H groups in total. The van der Waals surface area contributed by atoms with E-state index in [0.717, 1.165) is 45.4 Å². The standard InChI is InChI=1S/C20H26N4O.HI/c1-21-20(22-15-17-7-3-2-4-8-17)23-16-18-9-5-6-10-19(18)24-11-13-25-14-12-24;/h2-10H,11-16H2,1H3,(H2,21,22,23);1H. The summed E-state index contributed by atoms with van der Waals surface area (Å²) >= 11 is 0. The SMILES string of the molecule is CN=C(NCc1ccccc1)NCc1ccccc1N1CCOCC1.I. The van der Waals surface area contributed by atoms with E-state index in [1.165, 1.54) is 16.8 Å². The number of hydrogen-bond donors (Lipinski definition) is 2. The molecular formula is C20H27IN4O. The Bertz CT molecular complexity index is 687. The Hall–Kier alpha value is -1.80. The van der Waals surface area contributed by atoms with Gasteiger partial charge in [-0.15, -0.1) is 24.0 Å². The summed E-state index contributed by atoms with van der Waals surface area (Å²) in [6.45, 7) is 4.97. The van der Waals surface area contributed by atoms with E-state index in [9.17, 15) is 0 Å². The number of anilines is 1. The molecule has 0 radical (unpaired) electrons. The number of rotatable bonds is 5. The van der Waals surface area contributed by atoms with E-state index in [0.29, 0.717) is 0 Å². The van der Waals surface area contributed by atoms with Crippen LogP contribution >= 0.6 is 24.0 Å². The number of guanidine groups is 1. The van der Waals surface area contributed by atoms with Gasteiger partial charge in [-0.2, -0.15) is 0 Å². The van der Waals surface area contributed by atoms with Gasteiger partial charge in [0.15, 0.2) is 5.96 Å². The van der Waals surface area contributed by atoms with Crippen molar-refractivity contribution in [3.8, 4) is 0 Å². The maximum Gasteiger partial charge on any atom is 0.191 e. The molecule has 0 aromatic heterocycles. The van der Waals surface area contributed by atoms with Gasteiger partial charge in [-0.1, -0.05) is 48.5 Å². The quantitative estimate of drug-likeness (QED) is 0.404. The Balaban J connectivity index is 0.00000243. The Kier molecular flexibility index (Phi) is 8.70. The zero-order chi connectivity index (χ0) is 17.3. The molecule has 0 amide bonds. The molecule has 6 heteroatoms. The Labute approximate surface area is 172 Å². The molecule has 0 aliphatic carbocycles. The fraction of sp³-hybridized carbons (Fsp3) is 0.350. The number of nitrogens with zero attached hydrogens (tertiary/aromatic N) is 2. The molecule has 140 valence electrons. The van der Waals surface area contributed by atoms with E-state index in [2.05, 4.69) is 56.9 Å². The fourth-order valence-electron chi connectivity index (χ4n) is 2.95. The largest absolute Gasteiger partial charge is 0.378 e. The predicted octanol–water partition coefficient (Wildman–Crippen LogP) is 3.01. The van der Waals surface area contributed by atoms with Crippen molar-refractivity contribution in [2.24, 2.45) is 4.99 Å². The van der Waals surface area contributed by atoms with Gasteiger partial charge in [0.25, 0.3) is 0 Å². The number of aliphatic imine (C=N–C) groups is 1. The smallest absolute Gasteiger partial charge is 0.191 e. The number of para-hydroxylation sites is 1. The summed E-state index contributed by atoms with van der Waals surface area (Å²) in [5.74, 6) is 0.806. The second-order valence-corrected chi connectivity index (χ2v) is 5.99. The van der Waals surface area contributed by atoms with Gasteiger partial charge in [-0.05, 0) is 17.2 Å². The molecule has 0 spiro atoms. The maximum absolute atomic E-state index is 5.46. The van der Waals surface area contributed by atoms with E-state index in [1.54, 1.807) is 7.05 Å². The van der Waals surface area contributed by atoms with Crippen molar-refractivity contribution in [3.05, 3.63) is 65.7 Å². The molecule has 5 nitrogen and oxygen atoms in total. The molecule has 26 heavy (non-hydrogen) atoms. The van der Waals surface area contributed by atoms with Crippen LogP contribution in [0.4, 0.5) is 5.69 Å². The first-order valence-corrected chi connectivity index (χ1v) is 8.76. The first kappa shape index (κ1) is 20.5. The molecule has 0 atom stereocenters. The Morgan fingerprint density at radius 3 is 2.35 bits per heavy atom. The minimum Gasteiger partial charge on any atom is -0.378 e. The highest BCUT2D eigenvalue weighted by Crippen LogP contribution is 2.21. The lowest BCUT2D eigenvalue weighted by molar-refractivity contribution is 0.122. The summed E-state index contributed by atoms with van der Waals surface area (Å²) in [5.41, 5.74) is 3.78. The number of halogens is 1. The van der Waals surface area contributed by atoms with Crippen molar-refractivity contribution in [1.29, 1.82) is 0 Å². The lowest BCUT2D eigenvalue weighted by atomic mass is 10.1. The summed E-state index contributed by atoms with van der Waals surface area (Å²) in [6.07, 6.45) is 0. The van der Waals surface area contributed by atoms with Gasteiger partial charge in [-0.3, -0.25) is 4.99 Å². The first-order valence-electron chi connectivity index (χ1n) is 8.76. The van der Waals surface area contributed by atoms with E-state index in [4.69, 9.17) is 4.74 Å².